The smallest absolute Gasteiger partial charge is 0.407 e. The molecule has 0 aliphatic heterocycles. The third kappa shape index (κ3) is 3.81. The number of nitriles is 1. The average Bonchev–Trinajstić information content (AvgIpc) is 2.30. The number of alkyl halides is 3. The van der Waals surface area contributed by atoms with E-state index >= 15 is 0 Å². The second-order valence-corrected chi connectivity index (χ2v) is 4.05. The monoisotopic (exact) mass is 277 g/mol. The first-order valence-corrected chi connectivity index (χ1v) is 5.63. The molecule has 1 unspecified atom stereocenters. The third-order valence-electron chi connectivity index (χ3n) is 2.37. The van der Waals surface area contributed by atoms with Gasteiger partial charge >= 0.3 is 6.18 Å². The molecular weight excluding hydrogens is 267 g/mol. The summed E-state index contributed by atoms with van der Waals surface area (Å²) in [4.78, 5) is 0. The number of ether oxygens (including phenoxy) is 1. The van der Waals surface area contributed by atoms with Gasteiger partial charge in [-0.25, -0.2) is 0 Å². The maximum absolute atomic E-state index is 12.3. The molecule has 0 radical (unpaired) electrons. The van der Waals surface area contributed by atoms with E-state index in [0.29, 0.717) is 11.4 Å². The topological polar surface area (TPSA) is 33.0 Å². The minimum atomic E-state index is -4.57. The lowest BCUT2D eigenvalue weighted by Gasteiger charge is -2.14. The van der Waals surface area contributed by atoms with Crippen LogP contribution >= 0.6 is 11.6 Å². The van der Waals surface area contributed by atoms with E-state index in [9.17, 15) is 13.2 Å². The van der Waals surface area contributed by atoms with Crippen molar-refractivity contribution in [3.63, 3.8) is 0 Å². The van der Waals surface area contributed by atoms with Gasteiger partial charge in [-0.15, -0.1) is 0 Å². The quantitative estimate of drug-likeness (QED) is 0.834. The SMILES string of the molecule is CCc1cc(OCC(C#N)C(F)(F)F)ccc1Cl. The predicted molar refractivity (Wildman–Crippen MR) is 61.5 cm³/mol. The molecule has 0 N–H and O–H groups in total. The van der Waals surface area contributed by atoms with Crippen molar-refractivity contribution in [1.29, 1.82) is 5.26 Å². The average molecular weight is 278 g/mol. The van der Waals surface area contributed by atoms with E-state index in [1.54, 1.807) is 12.1 Å². The summed E-state index contributed by atoms with van der Waals surface area (Å²) < 4.78 is 41.9. The van der Waals surface area contributed by atoms with Crippen LogP contribution in [0.4, 0.5) is 13.2 Å². The highest BCUT2D eigenvalue weighted by Crippen LogP contribution is 2.27. The second-order valence-electron chi connectivity index (χ2n) is 3.64. The number of benzene rings is 1. The number of hydrogen-bond acceptors (Lipinski definition) is 2. The van der Waals surface area contributed by atoms with E-state index in [-0.39, 0.29) is 5.75 Å². The first-order chi connectivity index (χ1) is 8.38. The number of rotatable bonds is 4. The highest BCUT2D eigenvalue weighted by Gasteiger charge is 2.40. The van der Waals surface area contributed by atoms with Crippen molar-refractivity contribution in [3.05, 3.63) is 28.8 Å². The lowest BCUT2D eigenvalue weighted by atomic mass is 10.1. The van der Waals surface area contributed by atoms with Gasteiger partial charge in [-0.2, -0.15) is 18.4 Å². The van der Waals surface area contributed by atoms with Gasteiger partial charge in [0.1, 0.15) is 12.4 Å². The Morgan fingerprint density at radius 3 is 2.61 bits per heavy atom. The van der Waals surface area contributed by atoms with Gasteiger partial charge in [-0.05, 0) is 30.2 Å². The van der Waals surface area contributed by atoms with Crippen molar-refractivity contribution in [2.75, 3.05) is 6.61 Å². The van der Waals surface area contributed by atoms with Gasteiger partial charge in [0.05, 0.1) is 6.07 Å². The summed E-state index contributed by atoms with van der Waals surface area (Å²) in [5, 5.41) is 8.95. The summed E-state index contributed by atoms with van der Waals surface area (Å²) in [6, 6.07) is 5.79. The Morgan fingerprint density at radius 1 is 1.44 bits per heavy atom. The summed E-state index contributed by atoms with van der Waals surface area (Å²) >= 11 is 5.87. The van der Waals surface area contributed by atoms with Crippen molar-refractivity contribution in [2.24, 2.45) is 5.92 Å². The van der Waals surface area contributed by atoms with Crippen LogP contribution in [0.2, 0.25) is 5.02 Å². The van der Waals surface area contributed by atoms with Crippen LogP contribution in [0.3, 0.4) is 0 Å². The molecule has 0 amide bonds. The first-order valence-electron chi connectivity index (χ1n) is 5.26. The maximum atomic E-state index is 12.3. The molecule has 2 nitrogen and oxygen atoms in total. The van der Waals surface area contributed by atoms with Gasteiger partial charge in [0.25, 0.3) is 0 Å². The molecule has 0 saturated carbocycles. The predicted octanol–water partition coefficient (Wildman–Crippen LogP) is 3.98. The minimum absolute atomic E-state index is 0.278. The number of nitrogens with zero attached hydrogens (tertiary/aromatic N) is 1. The fraction of sp³-hybridized carbons (Fsp3) is 0.417. The highest BCUT2D eigenvalue weighted by molar-refractivity contribution is 6.31. The van der Waals surface area contributed by atoms with E-state index < -0.39 is 18.7 Å². The molecule has 0 aliphatic carbocycles. The Hall–Kier alpha value is -1.41. The maximum Gasteiger partial charge on any atom is 0.407 e. The van der Waals surface area contributed by atoms with Gasteiger partial charge in [-0.1, -0.05) is 18.5 Å². The molecule has 0 bridgehead atoms. The molecule has 1 rings (SSSR count). The second kappa shape index (κ2) is 5.96. The van der Waals surface area contributed by atoms with Gasteiger partial charge < -0.3 is 4.74 Å². The van der Waals surface area contributed by atoms with Crippen LogP contribution in [0.1, 0.15) is 12.5 Å². The van der Waals surface area contributed by atoms with Crippen LogP contribution in [0.15, 0.2) is 18.2 Å². The van der Waals surface area contributed by atoms with Crippen LogP contribution in [0, 0.1) is 17.2 Å². The van der Waals surface area contributed by atoms with Crippen molar-refractivity contribution in [1.82, 2.24) is 0 Å². The largest absolute Gasteiger partial charge is 0.492 e. The summed E-state index contributed by atoms with van der Waals surface area (Å²) in [5.74, 6) is -1.85. The molecule has 0 spiro atoms. The molecule has 0 saturated heterocycles. The molecule has 98 valence electrons. The van der Waals surface area contributed by atoms with Crippen molar-refractivity contribution in [3.8, 4) is 11.8 Å². The fourth-order valence-corrected chi connectivity index (χ4v) is 1.55. The molecule has 0 aromatic heterocycles. The summed E-state index contributed by atoms with van der Waals surface area (Å²) in [6.07, 6.45) is -3.92. The normalized spacial score (nSPS) is 12.9. The van der Waals surface area contributed by atoms with Gasteiger partial charge in [-0.3, -0.25) is 0 Å². The highest BCUT2D eigenvalue weighted by atomic mass is 35.5. The number of hydrogen-bond donors (Lipinski definition) is 0. The molecule has 0 heterocycles. The summed E-state index contributed by atoms with van der Waals surface area (Å²) in [5.41, 5.74) is 0.787. The van der Waals surface area contributed by atoms with E-state index in [0.717, 1.165) is 5.56 Å². The van der Waals surface area contributed by atoms with Crippen molar-refractivity contribution >= 4 is 11.6 Å². The Kier molecular flexibility index (Phi) is 4.85. The van der Waals surface area contributed by atoms with Crippen LogP contribution in [0.25, 0.3) is 0 Å². The number of halogens is 4. The Balaban J connectivity index is 2.72. The van der Waals surface area contributed by atoms with Crippen LogP contribution in [-0.2, 0) is 6.42 Å². The zero-order valence-corrected chi connectivity index (χ0v) is 10.3. The van der Waals surface area contributed by atoms with E-state index in [4.69, 9.17) is 21.6 Å². The standard InChI is InChI=1S/C12H11ClF3NO/c1-2-8-5-10(3-4-11(8)13)18-7-9(6-17)12(14,15)16/h3-5,9H,2,7H2,1H3. The van der Waals surface area contributed by atoms with Crippen molar-refractivity contribution in [2.45, 2.75) is 19.5 Å². The van der Waals surface area contributed by atoms with E-state index in [1.807, 2.05) is 6.92 Å². The van der Waals surface area contributed by atoms with Crippen LogP contribution in [0.5, 0.6) is 5.75 Å². The summed E-state index contributed by atoms with van der Waals surface area (Å²) in [7, 11) is 0. The van der Waals surface area contributed by atoms with E-state index in [2.05, 4.69) is 0 Å². The zero-order valence-electron chi connectivity index (χ0n) is 9.59. The van der Waals surface area contributed by atoms with Crippen LogP contribution < -0.4 is 4.74 Å². The Labute approximate surface area is 108 Å². The van der Waals surface area contributed by atoms with Gasteiger partial charge in [0, 0.05) is 5.02 Å². The molecular formula is C12H11ClF3NO. The molecule has 6 heteroatoms. The third-order valence-corrected chi connectivity index (χ3v) is 2.73. The van der Waals surface area contributed by atoms with Gasteiger partial charge in [0.2, 0.25) is 0 Å². The Morgan fingerprint density at radius 2 is 2.11 bits per heavy atom. The van der Waals surface area contributed by atoms with Gasteiger partial charge in [0.15, 0.2) is 5.92 Å². The van der Waals surface area contributed by atoms with Crippen LogP contribution in [-0.4, -0.2) is 12.8 Å². The molecule has 1 atom stereocenters. The lowest BCUT2D eigenvalue weighted by molar-refractivity contribution is -0.165. The van der Waals surface area contributed by atoms with E-state index in [1.165, 1.54) is 12.1 Å². The summed E-state index contributed by atoms with van der Waals surface area (Å²) in [6.45, 7) is 1.16. The molecule has 0 fully saturated rings. The molecule has 0 aliphatic rings. The fourth-order valence-electron chi connectivity index (χ4n) is 1.30. The lowest BCUT2D eigenvalue weighted by Crippen LogP contribution is -2.27. The molecule has 1 aromatic rings. The van der Waals surface area contributed by atoms with Crippen molar-refractivity contribution < 1.29 is 17.9 Å². The first kappa shape index (κ1) is 14.7. The number of aryl methyl sites for hydroxylation is 1. The Bertz CT molecular complexity index is 454. The zero-order chi connectivity index (χ0) is 13.8. The molecule has 18 heavy (non-hydrogen) atoms. The minimum Gasteiger partial charge on any atom is -0.492 e. The molecule has 1 aromatic carbocycles.